The summed E-state index contributed by atoms with van der Waals surface area (Å²) in [5, 5.41) is 0. The number of benzene rings is 1. The summed E-state index contributed by atoms with van der Waals surface area (Å²) in [4.78, 5) is 2.21. The Morgan fingerprint density at radius 2 is 1.83 bits per heavy atom. The molecular weight excluding hydrogens is 295 g/mol. The summed E-state index contributed by atoms with van der Waals surface area (Å²) in [6.45, 7) is 0. The van der Waals surface area contributed by atoms with Gasteiger partial charge in [0.1, 0.15) is 5.82 Å². The fourth-order valence-corrected chi connectivity index (χ4v) is 3.03. The van der Waals surface area contributed by atoms with Gasteiger partial charge in [0.25, 0.3) is 0 Å². The molecule has 1 aliphatic rings. The third-order valence-electron chi connectivity index (χ3n) is 3.82. The molecule has 2 N–H and O–H groups in total. The lowest BCUT2D eigenvalue weighted by Crippen LogP contribution is -2.31. The number of nitrogens with two attached hydrogens (primary N) is 1. The van der Waals surface area contributed by atoms with Crippen molar-refractivity contribution in [3.05, 3.63) is 22.4 Å². The van der Waals surface area contributed by atoms with Gasteiger partial charge in [-0.2, -0.15) is 0 Å². The van der Waals surface area contributed by atoms with E-state index in [1.807, 2.05) is 0 Å². The topological polar surface area (TPSA) is 29.3 Å². The lowest BCUT2D eigenvalue weighted by atomic mass is 10.1. The van der Waals surface area contributed by atoms with Crippen molar-refractivity contribution in [2.45, 2.75) is 44.6 Å². The molecule has 2 nitrogen and oxygen atoms in total. The van der Waals surface area contributed by atoms with Gasteiger partial charge >= 0.3 is 0 Å². The van der Waals surface area contributed by atoms with Crippen LogP contribution in [0.1, 0.15) is 38.5 Å². The van der Waals surface area contributed by atoms with Crippen molar-refractivity contribution in [3.8, 4) is 0 Å². The first-order valence-corrected chi connectivity index (χ1v) is 7.36. The third-order valence-corrected chi connectivity index (χ3v) is 4.43. The van der Waals surface area contributed by atoms with Gasteiger partial charge in [-0.3, -0.25) is 0 Å². The Balaban J connectivity index is 2.21. The van der Waals surface area contributed by atoms with E-state index < -0.39 is 0 Å². The number of hydrogen-bond donors (Lipinski definition) is 1. The Morgan fingerprint density at radius 1 is 1.22 bits per heavy atom. The van der Waals surface area contributed by atoms with E-state index in [1.54, 1.807) is 6.07 Å². The summed E-state index contributed by atoms with van der Waals surface area (Å²) < 4.78 is 13.9. The monoisotopic (exact) mass is 314 g/mol. The van der Waals surface area contributed by atoms with Gasteiger partial charge < -0.3 is 10.6 Å². The molecule has 1 aromatic rings. The number of nitrogens with zero attached hydrogens (tertiary/aromatic N) is 1. The van der Waals surface area contributed by atoms with Gasteiger partial charge in [-0.15, -0.1) is 0 Å². The Bertz CT molecular complexity index is 415. The van der Waals surface area contributed by atoms with E-state index in [0.29, 0.717) is 16.2 Å². The van der Waals surface area contributed by atoms with Crippen LogP contribution in [0.2, 0.25) is 0 Å². The minimum absolute atomic E-state index is 0.300. The molecule has 1 aromatic carbocycles. The van der Waals surface area contributed by atoms with E-state index in [1.165, 1.54) is 44.6 Å². The van der Waals surface area contributed by atoms with Crippen molar-refractivity contribution >= 4 is 27.3 Å². The SMILES string of the molecule is CN(c1cc(Br)c(F)cc1N)C1CCCCCC1. The molecule has 1 fully saturated rings. The molecule has 18 heavy (non-hydrogen) atoms. The average molecular weight is 315 g/mol. The predicted octanol–water partition coefficient (Wildman–Crippen LogP) is 4.33. The molecule has 0 spiro atoms. The maximum absolute atomic E-state index is 13.4. The van der Waals surface area contributed by atoms with Crippen molar-refractivity contribution in [3.63, 3.8) is 0 Å². The minimum Gasteiger partial charge on any atom is -0.397 e. The quantitative estimate of drug-likeness (QED) is 0.650. The van der Waals surface area contributed by atoms with Gasteiger partial charge in [-0.1, -0.05) is 25.7 Å². The molecule has 0 atom stereocenters. The molecule has 4 heteroatoms. The molecule has 0 heterocycles. The van der Waals surface area contributed by atoms with Crippen LogP contribution < -0.4 is 10.6 Å². The van der Waals surface area contributed by atoms with E-state index in [0.717, 1.165) is 5.69 Å². The minimum atomic E-state index is -0.300. The molecule has 1 saturated carbocycles. The highest BCUT2D eigenvalue weighted by Gasteiger charge is 2.19. The summed E-state index contributed by atoms with van der Waals surface area (Å²) in [6, 6.07) is 3.70. The summed E-state index contributed by atoms with van der Waals surface area (Å²) in [7, 11) is 2.06. The summed E-state index contributed by atoms with van der Waals surface area (Å²) in [5.74, 6) is -0.300. The number of anilines is 2. The number of rotatable bonds is 2. The Hall–Kier alpha value is -0.770. The molecule has 0 saturated heterocycles. The first kappa shape index (κ1) is 13.7. The summed E-state index contributed by atoms with van der Waals surface area (Å²) in [6.07, 6.45) is 7.60. The van der Waals surface area contributed by atoms with Gasteiger partial charge in [0.05, 0.1) is 15.8 Å². The normalized spacial score (nSPS) is 17.5. The van der Waals surface area contributed by atoms with Gasteiger partial charge in [0.15, 0.2) is 0 Å². The Morgan fingerprint density at radius 3 is 2.44 bits per heavy atom. The highest BCUT2D eigenvalue weighted by Crippen LogP contribution is 2.32. The Kier molecular flexibility index (Phi) is 4.49. The van der Waals surface area contributed by atoms with Gasteiger partial charge in [-0.25, -0.2) is 4.39 Å². The molecule has 2 rings (SSSR count). The van der Waals surface area contributed by atoms with Crippen LogP contribution in [0.15, 0.2) is 16.6 Å². The van der Waals surface area contributed by atoms with Gasteiger partial charge in [0, 0.05) is 19.2 Å². The zero-order chi connectivity index (χ0) is 13.1. The third kappa shape index (κ3) is 2.97. The smallest absolute Gasteiger partial charge is 0.139 e. The molecule has 0 aromatic heterocycles. The molecule has 1 aliphatic carbocycles. The van der Waals surface area contributed by atoms with Gasteiger partial charge in [-0.05, 0) is 34.8 Å². The maximum Gasteiger partial charge on any atom is 0.139 e. The second kappa shape index (κ2) is 5.91. The van der Waals surface area contributed by atoms with E-state index in [9.17, 15) is 4.39 Å². The molecule has 0 amide bonds. The van der Waals surface area contributed by atoms with E-state index >= 15 is 0 Å². The molecule has 100 valence electrons. The zero-order valence-corrected chi connectivity index (χ0v) is 12.3. The second-order valence-corrected chi connectivity index (χ2v) is 5.94. The Labute approximate surface area is 116 Å². The van der Waals surface area contributed by atoms with Crippen molar-refractivity contribution < 1.29 is 4.39 Å². The second-order valence-electron chi connectivity index (χ2n) is 5.08. The number of nitrogen functional groups attached to an aromatic ring is 1. The van der Waals surface area contributed by atoms with Crippen LogP contribution >= 0.6 is 15.9 Å². The van der Waals surface area contributed by atoms with Crippen LogP contribution in [-0.4, -0.2) is 13.1 Å². The van der Waals surface area contributed by atoms with Crippen molar-refractivity contribution in [2.24, 2.45) is 0 Å². The predicted molar refractivity (Wildman–Crippen MR) is 78.4 cm³/mol. The number of hydrogen-bond acceptors (Lipinski definition) is 2. The average Bonchev–Trinajstić information content (AvgIpc) is 2.61. The maximum atomic E-state index is 13.4. The summed E-state index contributed by atoms with van der Waals surface area (Å²) in [5.41, 5.74) is 7.38. The first-order valence-electron chi connectivity index (χ1n) is 6.57. The van der Waals surface area contributed by atoms with Gasteiger partial charge in [0.2, 0.25) is 0 Å². The zero-order valence-electron chi connectivity index (χ0n) is 10.8. The largest absolute Gasteiger partial charge is 0.397 e. The van der Waals surface area contributed by atoms with Crippen LogP contribution in [0.3, 0.4) is 0 Å². The fraction of sp³-hybridized carbons (Fsp3) is 0.571. The molecule has 0 radical (unpaired) electrons. The molecule has 0 bridgehead atoms. The van der Waals surface area contributed by atoms with Crippen molar-refractivity contribution in [1.82, 2.24) is 0 Å². The van der Waals surface area contributed by atoms with Crippen molar-refractivity contribution in [2.75, 3.05) is 17.7 Å². The van der Waals surface area contributed by atoms with Crippen molar-refractivity contribution in [1.29, 1.82) is 0 Å². The standard InChI is InChI=1S/C14H20BrFN2/c1-18(10-6-4-2-3-5-7-10)14-8-11(15)12(16)9-13(14)17/h8-10H,2-7,17H2,1H3. The fourth-order valence-electron chi connectivity index (χ4n) is 2.70. The summed E-state index contributed by atoms with van der Waals surface area (Å²) >= 11 is 3.23. The van der Waals surface area contributed by atoms with Crippen LogP contribution in [0, 0.1) is 5.82 Å². The van der Waals surface area contributed by atoms with Crippen LogP contribution in [0.5, 0.6) is 0 Å². The molecule has 0 aliphatic heterocycles. The molecule has 0 unspecified atom stereocenters. The van der Waals surface area contributed by atoms with E-state index in [2.05, 4.69) is 27.9 Å². The van der Waals surface area contributed by atoms with E-state index in [4.69, 9.17) is 5.73 Å². The van der Waals surface area contributed by atoms with Crippen LogP contribution in [0.4, 0.5) is 15.8 Å². The molecular formula is C14H20BrFN2. The van der Waals surface area contributed by atoms with Crippen LogP contribution in [0.25, 0.3) is 0 Å². The van der Waals surface area contributed by atoms with E-state index in [-0.39, 0.29) is 5.82 Å². The number of halogens is 2. The first-order chi connectivity index (χ1) is 8.59. The lowest BCUT2D eigenvalue weighted by molar-refractivity contribution is 0.552. The highest BCUT2D eigenvalue weighted by molar-refractivity contribution is 9.10. The lowest BCUT2D eigenvalue weighted by Gasteiger charge is -2.30. The van der Waals surface area contributed by atoms with Crippen LogP contribution in [-0.2, 0) is 0 Å². The highest BCUT2D eigenvalue weighted by atomic mass is 79.9.